The van der Waals surface area contributed by atoms with Crippen molar-refractivity contribution in [2.24, 2.45) is 0 Å². The number of carbonyl (C=O) groups is 1. The van der Waals surface area contributed by atoms with E-state index in [0.717, 1.165) is 10.0 Å². The molecule has 2 aromatic heterocycles. The van der Waals surface area contributed by atoms with E-state index in [-0.39, 0.29) is 5.91 Å². The molecule has 1 amide bonds. The molecule has 1 N–H and O–H groups in total. The fraction of sp³-hybridized carbons (Fsp3) is 0.167. The lowest BCUT2D eigenvalue weighted by Gasteiger charge is -2.15. The number of anilines is 1. The fourth-order valence-electron chi connectivity index (χ4n) is 1.47. The third kappa shape index (κ3) is 2.94. The van der Waals surface area contributed by atoms with E-state index in [2.05, 4.69) is 25.9 Å². The largest absolute Gasteiger partial charge is 0.367 e. The second kappa shape index (κ2) is 5.14. The Balaban J connectivity index is 2.09. The Morgan fingerprint density at radius 1 is 1.53 bits per heavy atom. The van der Waals surface area contributed by atoms with Gasteiger partial charge in [-0.15, -0.1) is 0 Å². The Morgan fingerprint density at radius 2 is 2.35 bits per heavy atom. The van der Waals surface area contributed by atoms with Crippen LogP contribution in [-0.4, -0.2) is 22.9 Å². The summed E-state index contributed by atoms with van der Waals surface area (Å²) < 4.78 is 0.906. The van der Waals surface area contributed by atoms with Gasteiger partial charge in [-0.05, 0) is 23.8 Å². The summed E-state index contributed by atoms with van der Waals surface area (Å²) in [5, 5.41) is 0. The van der Waals surface area contributed by atoms with Crippen LogP contribution in [0.25, 0.3) is 0 Å². The highest BCUT2D eigenvalue weighted by atomic mass is 79.9. The number of amides is 1. The van der Waals surface area contributed by atoms with Crippen LogP contribution in [0.4, 0.5) is 5.82 Å². The summed E-state index contributed by atoms with van der Waals surface area (Å²) in [6, 6.07) is 5.53. The van der Waals surface area contributed by atoms with Crippen LogP contribution in [0.1, 0.15) is 5.56 Å². The smallest absolute Gasteiger partial charge is 0.232 e. The lowest BCUT2D eigenvalue weighted by molar-refractivity contribution is -0.117. The topological polar surface area (TPSA) is 49.0 Å². The molecule has 0 aliphatic carbocycles. The Kier molecular flexibility index (Phi) is 3.58. The molecule has 4 nitrogen and oxygen atoms in total. The maximum atomic E-state index is 12.0. The Hall–Kier alpha value is -1.62. The molecule has 2 aromatic rings. The van der Waals surface area contributed by atoms with Crippen molar-refractivity contribution in [3.63, 3.8) is 0 Å². The summed E-state index contributed by atoms with van der Waals surface area (Å²) in [4.78, 5) is 20.6. The van der Waals surface area contributed by atoms with E-state index in [0.29, 0.717) is 12.2 Å². The normalized spacial score (nSPS) is 10.2. The minimum Gasteiger partial charge on any atom is -0.367 e. The first-order valence-corrected chi connectivity index (χ1v) is 5.96. The fourth-order valence-corrected chi connectivity index (χ4v) is 1.79. The van der Waals surface area contributed by atoms with Crippen molar-refractivity contribution in [2.45, 2.75) is 6.42 Å². The maximum absolute atomic E-state index is 12.0. The highest BCUT2D eigenvalue weighted by Gasteiger charge is 2.12. The summed E-state index contributed by atoms with van der Waals surface area (Å²) in [5.41, 5.74) is 0.969. The number of nitrogens with one attached hydrogen (secondary N) is 1. The van der Waals surface area contributed by atoms with Crippen LogP contribution in [0, 0.1) is 0 Å². The zero-order valence-electron chi connectivity index (χ0n) is 9.35. The average Bonchev–Trinajstić information content (AvgIpc) is 2.80. The SMILES string of the molecule is CN(C(=O)Cc1cc[nH]c1)c1cc(Br)ccn1. The molecule has 0 bridgehead atoms. The molecule has 0 unspecified atom stereocenters. The van der Waals surface area contributed by atoms with E-state index >= 15 is 0 Å². The van der Waals surface area contributed by atoms with Crippen molar-refractivity contribution in [3.8, 4) is 0 Å². The minimum absolute atomic E-state index is 0.00944. The van der Waals surface area contributed by atoms with Crippen LogP contribution in [0.3, 0.4) is 0 Å². The lowest BCUT2D eigenvalue weighted by atomic mass is 10.2. The van der Waals surface area contributed by atoms with Crippen LogP contribution in [0.5, 0.6) is 0 Å². The lowest BCUT2D eigenvalue weighted by Crippen LogP contribution is -2.28. The van der Waals surface area contributed by atoms with Gasteiger partial charge in [0.2, 0.25) is 5.91 Å². The Bertz CT molecular complexity index is 510. The highest BCUT2D eigenvalue weighted by molar-refractivity contribution is 9.10. The van der Waals surface area contributed by atoms with Gasteiger partial charge in [0.05, 0.1) is 6.42 Å². The van der Waals surface area contributed by atoms with Gasteiger partial charge in [0.25, 0.3) is 0 Å². The number of carbonyl (C=O) groups excluding carboxylic acids is 1. The first-order valence-electron chi connectivity index (χ1n) is 5.16. The number of H-pyrrole nitrogens is 1. The molecule has 0 aliphatic heterocycles. The zero-order chi connectivity index (χ0) is 12.3. The van der Waals surface area contributed by atoms with Gasteiger partial charge < -0.3 is 4.98 Å². The van der Waals surface area contributed by atoms with Crippen molar-refractivity contribution in [2.75, 3.05) is 11.9 Å². The third-order valence-electron chi connectivity index (χ3n) is 2.44. The first-order chi connectivity index (χ1) is 8.16. The second-order valence-electron chi connectivity index (χ2n) is 3.68. The standard InChI is InChI=1S/C12H12BrN3O/c1-16(11-7-10(13)3-5-15-11)12(17)6-9-2-4-14-8-9/h2-5,7-8,14H,6H2,1H3. The van der Waals surface area contributed by atoms with Crippen molar-refractivity contribution in [1.82, 2.24) is 9.97 Å². The van der Waals surface area contributed by atoms with E-state index in [1.165, 1.54) is 0 Å². The second-order valence-corrected chi connectivity index (χ2v) is 4.60. The monoisotopic (exact) mass is 293 g/mol. The van der Waals surface area contributed by atoms with Gasteiger partial charge in [-0.2, -0.15) is 0 Å². The molecule has 0 spiro atoms. The van der Waals surface area contributed by atoms with Crippen LogP contribution >= 0.6 is 15.9 Å². The molecule has 0 atom stereocenters. The number of rotatable bonds is 3. The summed E-state index contributed by atoms with van der Waals surface area (Å²) in [6.07, 6.45) is 5.66. The zero-order valence-corrected chi connectivity index (χ0v) is 10.9. The third-order valence-corrected chi connectivity index (χ3v) is 2.94. The summed E-state index contributed by atoms with van der Waals surface area (Å²) in [5.74, 6) is 0.648. The quantitative estimate of drug-likeness (QED) is 0.945. The number of likely N-dealkylation sites (N-methyl/N-ethyl adjacent to an activating group) is 1. The van der Waals surface area contributed by atoms with Gasteiger partial charge in [0.1, 0.15) is 5.82 Å². The Labute approximate surface area is 108 Å². The van der Waals surface area contributed by atoms with E-state index in [9.17, 15) is 4.79 Å². The van der Waals surface area contributed by atoms with Crippen LogP contribution in [0.15, 0.2) is 41.3 Å². The molecule has 17 heavy (non-hydrogen) atoms. The van der Waals surface area contributed by atoms with E-state index < -0.39 is 0 Å². The van der Waals surface area contributed by atoms with Gasteiger partial charge in [0, 0.05) is 30.1 Å². The number of halogens is 1. The molecule has 88 valence electrons. The Morgan fingerprint density at radius 3 is 3.00 bits per heavy atom. The number of nitrogens with zero attached hydrogens (tertiary/aromatic N) is 2. The van der Waals surface area contributed by atoms with Gasteiger partial charge in [-0.1, -0.05) is 15.9 Å². The van der Waals surface area contributed by atoms with Crippen molar-refractivity contribution in [3.05, 3.63) is 46.8 Å². The number of hydrogen-bond acceptors (Lipinski definition) is 2. The van der Waals surface area contributed by atoms with E-state index in [1.54, 1.807) is 24.3 Å². The number of aromatic amines is 1. The summed E-state index contributed by atoms with van der Waals surface area (Å²) in [7, 11) is 1.73. The first kappa shape index (κ1) is 11.9. The number of pyridine rings is 1. The molecular formula is C12H12BrN3O. The van der Waals surface area contributed by atoms with Crippen LogP contribution in [0.2, 0.25) is 0 Å². The van der Waals surface area contributed by atoms with Crippen molar-refractivity contribution >= 4 is 27.7 Å². The summed E-state index contributed by atoms with van der Waals surface area (Å²) in [6.45, 7) is 0. The molecular weight excluding hydrogens is 282 g/mol. The van der Waals surface area contributed by atoms with Gasteiger partial charge in [0.15, 0.2) is 0 Å². The average molecular weight is 294 g/mol. The van der Waals surface area contributed by atoms with Crippen LogP contribution in [-0.2, 0) is 11.2 Å². The van der Waals surface area contributed by atoms with Crippen molar-refractivity contribution in [1.29, 1.82) is 0 Å². The molecule has 0 aromatic carbocycles. The number of aromatic nitrogens is 2. The minimum atomic E-state index is 0.00944. The molecule has 2 heterocycles. The molecule has 0 radical (unpaired) electrons. The summed E-state index contributed by atoms with van der Waals surface area (Å²) >= 11 is 3.36. The van der Waals surface area contributed by atoms with E-state index in [4.69, 9.17) is 0 Å². The van der Waals surface area contributed by atoms with E-state index in [1.807, 2.05) is 24.4 Å². The molecule has 0 saturated heterocycles. The van der Waals surface area contributed by atoms with Gasteiger partial charge in [-0.25, -0.2) is 4.98 Å². The molecule has 0 aliphatic rings. The molecule has 0 fully saturated rings. The predicted octanol–water partition coefficient (Wildman–Crippen LogP) is 2.38. The van der Waals surface area contributed by atoms with Gasteiger partial charge in [-0.3, -0.25) is 9.69 Å². The molecule has 2 rings (SSSR count). The highest BCUT2D eigenvalue weighted by Crippen LogP contribution is 2.16. The molecule has 0 saturated carbocycles. The number of hydrogen-bond donors (Lipinski definition) is 1. The maximum Gasteiger partial charge on any atom is 0.232 e. The predicted molar refractivity (Wildman–Crippen MR) is 69.8 cm³/mol. The van der Waals surface area contributed by atoms with Gasteiger partial charge >= 0.3 is 0 Å². The van der Waals surface area contributed by atoms with Crippen molar-refractivity contribution < 1.29 is 4.79 Å². The van der Waals surface area contributed by atoms with Crippen LogP contribution < -0.4 is 4.90 Å². The molecule has 5 heteroatoms.